The van der Waals surface area contributed by atoms with Gasteiger partial charge in [0.2, 0.25) is 21.8 Å². The summed E-state index contributed by atoms with van der Waals surface area (Å²) in [7, 11) is -3.44. The van der Waals surface area contributed by atoms with Gasteiger partial charge in [-0.1, -0.05) is 29.8 Å². The molecule has 0 saturated carbocycles. The molecule has 4 N–H and O–H groups in total. The number of nitrogens with zero attached hydrogens (tertiary/aromatic N) is 2. The lowest BCUT2D eigenvalue weighted by atomic mass is 9.84. The Kier molecular flexibility index (Phi) is 11.0. The van der Waals surface area contributed by atoms with E-state index in [9.17, 15) is 23.1 Å². The minimum atomic E-state index is -3.44. The SMILES string of the molecule is CC(C)Oc1cc([C@H](c2ccc(Cl)cc2)[C@H](NC(=O)O)C(=O)Nc2cccc(F)c2CCC2CNC3CCCS(=O)(=O)N2C3)ccn1. The van der Waals surface area contributed by atoms with Gasteiger partial charge in [0.1, 0.15) is 11.9 Å². The highest BCUT2D eigenvalue weighted by Gasteiger charge is 2.38. The molecule has 5 rings (SSSR count). The molecular weight excluding hydrogens is 649 g/mol. The Morgan fingerprint density at radius 3 is 2.66 bits per heavy atom. The van der Waals surface area contributed by atoms with Crippen molar-refractivity contribution in [3.63, 3.8) is 0 Å². The number of pyridine rings is 1. The largest absolute Gasteiger partial charge is 0.475 e. The van der Waals surface area contributed by atoms with E-state index >= 15 is 4.39 Å². The lowest BCUT2D eigenvalue weighted by molar-refractivity contribution is -0.118. The van der Waals surface area contributed by atoms with E-state index in [1.54, 1.807) is 42.5 Å². The Morgan fingerprint density at radius 2 is 1.94 bits per heavy atom. The summed E-state index contributed by atoms with van der Waals surface area (Å²) in [5.41, 5.74) is 1.50. The molecule has 252 valence electrons. The highest BCUT2D eigenvalue weighted by Crippen LogP contribution is 2.33. The molecule has 47 heavy (non-hydrogen) atoms. The van der Waals surface area contributed by atoms with Crippen LogP contribution in [0.15, 0.2) is 60.8 Å². The first-order valence-corrected chi connectivity index (χ1v) is 17.6. The number of fused-ring (bicyclic) bond motifs is 2. The summed E-state index contributed by atoms with van der Waals surface area (Å²) in [5.74, 6) is -1.76. The lowest BCUT2D eigenvalue weighted by Crippen LogP contribution is -2.57. The molecule has 0 spiro atoms. The molecule has 2 aliphatic heterocycles. The Bertz CT molecular complexity index is 1690. The van der Waals surface area contributed by atoms with Crippen molar-refractivity contribution < 1.29 is 32.2 Å². The first-order chi connectivity index (χ1) is 22.4. The fourth-order valence-corrected chi connectivity index (χ4v) is 8.23. The van der Waals surface area contributed by atoms with Gasteiger partial charge in [0.05, 0.1) is 11.9 Å². The number of anilines is 1. The quantitative estimate of drug-likeness (QED) is 0.225. The van der Waals surface area contributed by atoms with Crippen molar-refractivity contribution in [1.29, 1.82) is 0 Å². The van der Waals surface area contributed by atoms with E-state index in [1.165, 1.54) is 22.6 Å². The van der Waals surface area contributed by atoms with Crippen molar-refractivity contribution in [2.24, 2.45) is 0 Å². The smallest absolute Gasteiger partial charge is 0.405 e. The molecular formula is C33H39ClFN5O6S. The molecule has 3 aromatic rings. The van der Waals surface area contributed by atoms with E-state index in [4.69, 9.17) is 16.3 Å². The number of hydrogen-bond donors (Lipinski definition) is 4. The summed E-state index contributed by atoms with van der Waals surface area (Å²) in [4.78, 5) is 30.4. The van der Waals surface area contributed by atoms with Crippen LogP contribution in [0.5, 0.6) is 5.88 Å². The van der Waals surface area contributed by atoms with Gasteiger partial charge in [0.25, 0.3) is 0 Å². The van der Waals surface area contributed by atoms with Crippen molar-refractivity contribution in [3.05, 3.63) is 88.3 Å². The second-order valence-corrected chi connectivity index (χ2v) is 14.6. The molecule has 1 aromatic heterocycles. The minimum Gasteiger partial charge on any atom is -0.475 e. The number of carboxylic acid groups (broad SMARTS) is 1. The number of carbonyl (C=O) groups excluding carboxylic acids is 1. The van der Waals surface area contributed by atoms with Crippen LogP contribution in [0.1, 0.15) is 55.7 Å². The van der Waals surface area contributed by atoms with E-state index in [1.807, 2.05) is 13.8 Å². The van der Waals surface area contributed by atoms with Crippen LogP contribution in [-0.4, -0.2) is 77.9 Å². The van der Waals surface area contributed by atoms with E-state index < -0.39 is 39.8 Å². The van der Waals surface area contributed by atoms with Gasteiger partial charge in [-0.25, -0.2) is 22.6 Å². The number of benzene rings is 2. The Labute approximate surface area is 278 Å². The van der Waals surface area contributed by atoms with Gasteiger partial charge in [-0.3, -0.25) is 4.79 Å². The highest BCUT2D eigenvalue weighted by atomic mass is 35.5. The van der Waals surface area contributed by atoms with Crippen LogP contribution in [0.2, 0.25) is 5.02 Å². The molecule has 3 heterocycles. The number of rotatable bonds is 11. The predicted octanol–water partition coefficient (Wildman–Crippen LogP) is 4.77. The number of aromatic nitrogens is 1. The van der Waals surface area contributed by atoms with Gasteiger partial charge in [0, 0.05) is 59.6 Å². The maximum absolute atomic E-state index is 15.4. The summed E-state index contributed by atoms with van der Waals surface area (Å²) < 4.78 is 48.6. The third-order valence-electron chi connectivity index (χ3n) is 8.46. The number of sulfonamides is 1. The van der Waals surface area contributed by atoms with E-state index in [0.717, 1.165) is 6.42 Å². The summed E-state index contributed by atoms with van der Waals surface area (Å²) >= 11 is 6.15. The molecule has 2 fully saturated rings. The molecule has 2 amide bonds. The van der Waals surface area contributed by atoms with Crippen molar-refractivity contribution >= 4 is 39.3 Å². The van der Waals surface area contributed by atoms with E-state index in [-0.39, 0.29) is 41.6 Å². The van der Waals surface area contributed by atoms with Crippen LogP contribution in [-0.2, 0) is 21.2 Å². The molecule has 2 bridgehead atoms. The molecule has 0 aliphatic carbocycles. The summed E-state index contributed by atoms with van der Waals surface area (Å²) in [6.45, 7) is 4.51. The van der Waals surface area contributed by atoms with Gasteiger partial charge in [-0.2, -0.15) is 4.31 Å². The normalized spacial score (nSPS) is 21.7. The predicted molar refractivity (Wildman–Crippen MR) is 177 cm³/mol. The summed E-state index contributed by atoms with van der Waals surface area (Å²) in [6.07, 6.45) is 1.73. The van der Waals surface area contributed by atoms with E-state index in [0.29, 0.717) is 48.0 Å². The van der Waals surface area contributed by atoms with Crippen molar-refractivity contribution in [2.75, 3.05) is 24.2 Å². The molecule has 5 atom stereocenters. The number of halogens is 2. The molecule has 11 nitrogen and oxygen atoms in total. The van der Waals surface area contributed by atoms with E-state index in [2.05, 4.69) is 20.9 Å². The zero-order chi connectivity index (χ0) is 33.7. The monoisotopic (exact) mass is 687 g/mol. The fourth-order valence-electron chi connectivity index (χ4n) is 6.30. The number of piperazine rings is 1. The van der Waals surface area contributed by atoms with Crippen LogP contribution in [0, 0.1) is 5.82 Å². The number of ether oxygens (including phenoxy) is 1. The molecule has 2 aliphatic rings. The third kappa shape index (κ3) is 8.58. The summed E-state index contributed by atoms with van der Waals surface area (Å²) in [6, 6.07) is 12.6. The number of nitrogens with one attached hydrogen (secondary N) is 3. The van der Waals surface area contributed by atoms with Crippen molar-refractivity contribution in [2.45, 2.75) is 69.7 Å². The second-order valence-electron chi connectivity index (χ2n) is 12.1. The van der Waals surface area contributed by atoms with Crippen molar-refractivity contribution in [3.8, 4) is 5.88 Å². The van der Waals surface area contributed by atoms with Crippen LogP contribution in [0.25, 0.3) is 0 Å². The minimum absolute atomic E-state index is 0.0814. The fraction of sp³-hybridized carbons (Fsp3) is 0.424. The number of carbonyl (C=O) groups is 2. The first kappa shape index (κ1) is 34.6. The Hall–Kier alpha value is -3.78. The number of hydrogen-bond acceptors (Lipinski definition) is 7. The van der Waals surface area contributed by atoms with Gasteiger partial charge in [0.15, 0.2) is 0 Å². The molecule has 3 unspecified atom stereocenters. The molecule has 14 heteroatoms. The first-order valence-electron chi connectivity index (χ1n) is 15.6. The van der Waals surface area contributed by atoms with Gasteiger partial charge in [-0.05, 0) is 81.0 Å². The van der Waals surface area contributed by atoms with Crippen LogP contribution < -0.4 is 20.7 Å². The van der Waals surface area contributed by atoms with Gasteiger partial charge < -0.3 is 25.8 Å². The molecule has 2 aromatic carbocycles. The van der Waals surface area contributed by atoms with Crippen LogP contribution in [0.3, 0.4) is 0 Å². The van der Waals surface area contributed by atoms with Crippen molar-refractivity contribution in [1.82, 2.24) is 19.9 Å². The average Bonchev–Trinajstić information content (AvgIpc) is 3.12. The Balaban J connectivity index is 1.44. The molecule has 0 radical (unpaired) electrons. The topological polar surface area (TPSA) is 150 Å². The Morgan fingerprint density at radius 1 is 1.17 bits per heavy atom. The highest BCUT2D eigenvalue weighted by molar-refractivity contribution is 7.89. The second kappa shape index (κ2) is 15.0. The van der Waals surface area contributed by atoms with Crippen LogP contribution in [0.4, 0.5) is 14.9 Å². The average molecular weight is 688 g/mol. The third-order valence-corrected chi connectivity index (χ3v) is 10.7. The molecule has 2 saturated heterocycles. The summed E-state index contributed by atoms with van der Waals surface area (Å²) in [5, 5.41) is 18.9. The zero-order valence-electron chi connectivity index (χ0n) is 26.2. The lowest BCUT2D eigenvalue weighted by Gasteiger charge is -2.37. The number of amides is 2. The van der Waals surface area contributed by atoms with Gasteiger partial charge in [-0.15, -0.1) is 0 Å². The maximum atomic E-state index is 15.4. The van der Waals surface area contributed by atoms with Crippen LogP contribution >= 0.6 is 11.6 Å². The zero-order valence-corrected chi connectivity index (χ0v) is 27.7. The maximum Gasteiger partial charge on any atom is 0.405 e. The standard InChI is InChI=1S/C33H39ClFN5O6S/c1-20(2)46-29-17-22(14-15-36-29)30(21-8-10-23(34)11-9-21)31(39-33(42)43)32(41)38-28-7-3-6-27(35)26(28)13-12-25-18-37-24-5-4-16-47(44,45)40(25)19-24/h3,6-11,14-15,17,20,24-25,30-31,37,39H,4-5,12-13,16,18-19H2,1-2H3,(H,38,41)(H,42,43)/t24?,25?,30-,31-/m0/s1. The van der Waals surface area contributed by atoms with Gasteiger partial charge >= 0.3 is 6.09 Å².